The minimum atomic E-state index is -5.25. The van der Waals surface area contributed by atoms with Crippen molar-refractivity contribution in [1.29, 1.82) is 0 Å². The second-order valence-corrected chi connectivity index (χ2v) is 2.41. The maximum atomic E-state index is 8.82. The summed E-state index contributed by atoms with van der Waals surface area (Å²) < 4.78 is 31.9. The molecule has 0 heterocycles. The van der Waals surface area contributed by atoms with Crippen molar-refractivity contribution in [2.75, 3.05) is 0 Å². The number of hydrogen-bond acceptors (Lipinski definition) is 4. The average molecular weight is 240 g/mol. The van der Waals surface area contributed by atoms with Gasteiger partial charge in [0, 0.05) is 0 Å². The average Bonchev–Trinajstić information content (AvgIpc) is 1.27. The van der Waals surface area contributed by atoms with Gasteiger partial charge in [-0.1, -0.05) is 0 Å². The van der Waals surface area contributed by atoms with Gasteiger partial charge in [-0.2, -0.15) is 0 Å². The zero-order valence-electron chi connectivity index (χ0n) is 3.42. The third-order valence-corrected chi connectivity index (χ3v) is 0. The summed E-state index contributed by atoms with van der Waals surface area (Å²) in [5.41, 5.74) is 0. The molecule has 0 aliphatic heterocycles. The van der Waals surface area contributed by atoms with E-state index < -0.39 is 13.4 Å². The Kier molecular flexibility index (Phi) is 29.4. The molecule has 0 fully saturated rings. The molecule has 0 bridgehead atoms. The molecule has 0 saturated heterocycles. The van der Waals surface area contributed by atoms with Crippen LogP contribution < -0.4 is 0 Å². The number of hydrogen-bond donors (Lipinski definition) is 3. The molecule has 7 nitrogen and oxygen atoms in total. The summed E-state index contributed by atoms with van der Waals surface area (Å²) in [6.45, 7) is 0. The van der Waals surface area contributed by atoms with Gasteiger partial charge in [0.1, 0.15) is 0 Å². The van der Waals surface area contributed by atoms with Gasteiger partial charge in [0.05, 0.1) is 0 Å². The molecule has 0 saturated carbocycles. The van der Waals surface area contributed by atoms with Crippen molar-refractivity contribution >= 4 is 72.5 Å². The van der Waals surface area contributed by atoms with Crippen LogP contribution in [-0.4, -0.2) is 86.1 Å². The van der Waals surface area contributed by atoms with Crippen LogP contribution in [0.15, 0.2) is 5.34 Å². The molecular weight excluding hydrogens is 235 g/mol. The van der Waals surface area contributed by atoms with Crippen LogP contribution >= 0.6 is 0 Å². The summed E-state index contributed by atoms with van der Waals surface area (Å²) in [4.78, 5) is 8.11. The van der Waals surface area contributed by atoms with Crippen molar-refractivity contribution < 1.29 is 21.3 Å². The zero-order valence-corrected chi connectivity index (χ0v) is 5.13. The van der Waals surface area contributed by atoms with E-state index in [0.717, 1.165) is 0 Å². The first-order chi connectivity index (χ1) is 3.41. The monoisotopic (exact) mass is 241 g/mol. The van der Waals surface area contributed by atoms with E-state index in [1.54, 1.807) is 0 Å². The van der Waals surface area contributed by atoms with Crippen molar-refractivity contribution in [3.05, 3.63) is 4.91 Å². The van der Waals surface area contributed by atoms with Gasteiger partial charge in [-0.3, -0.25) is 0 Å². The van der Waals surface area contributed by atoms with Gasteiger partial charge in [-0.05, 0) is 0 Å². The second-order valence-electron chi connectivity index (χ2n) is 0.529. The zero-order chi connectivity index (χ0) is 7.21. The molecule has 0 atom stereocenters. The van der Waals surface area contributed by atoms with Crippen LogP contribution in [0, 0.1) is 4.91 Å². The van der Waals surface area contributed by atoms with Crippen LogP contribution in [0.25, 0.3) is 0 Å². The summed E-state index contributed by atoms with van der Waals surface area (Å²) in [5, 5.41) is 7.89. The molecular formula is H5NNa2O6Se. The van der Waals surface area contributed by atoms with Gasteiger partial charge in [-0.15, -0.1) is 4.91 Å². The van der Waals surface area contributed by atoms with E-state index in [-0.39, 0.29) is 59.1 Å². The van der Waals surface area contributed by atoms with E-state index in [1.807, 2.05) is 0 Å². The van der Waals surface area contributed by atoms with Crippen molar-refractivity contribution in [1.82, 2.24) is 0 Å². The molecule has 10 heavy (non-hydrogen) atoms. The quantitative estimate of drug-likeness (QED) is 0.237. The maximum absolute atomic E-state index is 8.82. The van der Waals surface area contributed by atoms with Crippen LogP contribution in [0.1, 0.15) is 0 Å². The van der Waals surface area contributed by atoms with E-state index in [4.69, 9.17) is 26.2 Å². The summed E-state index contributed by atoms with van der Waals surface area (Å²) in [6, 6.07) is 0. The molecule has 3 N–H and O–H groups in total. The van der Waals surface area contributed by atoms with Crippen LogP contribution in [-0.2, 0) is 7.67 Å². The van der Waals surface area contributed by atoms with E-state index in [0.29, 0.717) is 0 Å². The van der Waals surface area contributed by atoms with Gasteiger partial charge >= 0.3 is 88.5 Å². The fourth-order valence-corrected chi connectivity index (χ4v) is 0. The van der Waals surface area contributed by atoms with E-state index >= 15 is 0 Å². The Labute approximate surface area is 103 Å². The number of rotatable bonds is 0. The SMILES string of the molecule is O=NO.O=[Se](=O)(O)O.[NaH].[NaH]. The van der Waals surface area contributed by atoms with Crippen molar-refractivity contribution in [2.24, 2.45) is 5.34 Å². The molecule has 0 rings (SSSR count). The molecule has 54 valence electrons. The van der Waals surface area contributed by atoms with Gasteiger partial charge < -0.3 is 5.21 Å². The molecule has 0 unspecified atom stereocenters. The molecule has 0 amide bonds. The third kappa shape index (κ3) is 324. The Morgan fingerprint density at radius 1 is 1.10 bits per heavy atom. The second kappa shape index (κ2) is 13.1. The summed E-state index contributed by atoms with van der Waals surface area (Å²) in [6.07, 6.45) is 0. The van der Waals surface area contributed by atoms with E-state index in [2.05, 4.69) is 0 Å². The summed E-state index contributed by atoms with van der Waals surface area (Å²) in [5.74, 6) is 0. The molecule has 0 radical (unpaired) electrons. The van der Waals surface area contributed by atoms with Crippen molar-refractivity contribution in [3.63, 3.8) is 0 Å². The predicted octanol–water partition coefficient (Wildman–Crippen LogP) is -2.89. The normalized spacial score (nSPS) is 7.00. The Morgan fingerprint density at radius 3 is 1.10 bits per heavy atom. The first-order valence-electron chi connectivity index (χ1n) is 1.08. The van der Waals surface area contributed by atoms with Crippen LogP contribution in [0.2, 0.25) is 0 Å². The Hall–Kier alpha value is 1.44. The molecule has 0 spiro atoms. The van der Waals surface area contributed by atoms with Gasteiger partial charge in [0.2, 0.25) is 0 Å². The molecule has 0 aromatic heterocycles. The summed E-state index contributed by atoms with van der Waals surface area (Å²) >= 11 is -5.25. The Morgan fingerprint density at radius 2 is 1.10 bits per heavy atom. The topological polar surface area (TPSA) is 124 Å². The predicted molar refractivity (Wildman–Crippen MR) is 33.4 cm³/mol. The molecule has 10 heteroatoms. The molecule has 0 aliphatic carbocycles. The molecule has 0 aromatic carbocycles. The van der Waals surface area contributed by atoms with Crippen LogP contribution in [0.5, 0.6) is 0 Å². The van der Waals surface area contributed by atoms with Crippen LogP contribution in [0.3, 0.4) is 0 Å². The Balaban J connectivity index is -0.0000000326. The molecule has 0 aliphatic rings. The third-order valence-electron chi connectivity index (χ3n) is 0. The fraction of sp³-hybridized carbons (Fsp3) is 0. The minimum absolute atomic E-state index is 0. The van der Waals surface area contributed by atoms with Gasteiger partial charge in [0.25, 0.3) is 0 Å². The fourth-order valence-electron chi connectivity index (χ4n) is 0. The molecule has 0 aromatic rings. The standard InChI is InChI=1S/HNO2.2Na.H2O4Se.2H/c2-1-3;;;1-5(2,3)4;;/h(H,2,3);;;(H2,1,2,3,4);;. The van der Waals surface area contributed by atoms with Gasteiger partial charge in [0.15, 0.2) is 5.34 Å². The van der Waals surface area contributed by atoms with Gasteiger partial charge in [-0.25, -0.2) is 0 Å². The van der Waals surface area contributed by atoms with Crippen molar-refractivity contribution in [3.8, 4) is 0 Å². The number of nitrogens with zero attached hydrogens (tertiary/aromatic N) is 1. The first-order valence-corrected chi connectivity index (χ1v) is 4.01. The summed E-state index contributed by atoms with van der Waals surface area (Å²) in [7, 11) is 0. The van der Waals surface area contributed by atoms with E-state index in [9.17, 15) is 0 Å². The first kappa shape index (κ1) is 22.5. The van der Waals surface area contributed by atoms with Crippen LogP contribution in [0.4, 0.5) is 0 Å². The van der Waals surface area contributed by atoms with E-state index in [1.165, 1.54) is 5.34 Å². The van der Waals surface area contributed by atoms with Crippen molar-refractivity contribution in [2.45, 2.75) is 0 Å². The Bertz CT molecular complexity index is 130.